The SMILES string of the molecule is CN(C)C(=O)N1CC(=O)N(c2ccc(Cl)cc2)C1=O. The van der Waals surface area contributed by atoms with Gasteiger partial charge in [-0.05, 0) is 24.3 Å². The van der Waals surface area contributed by atoms with Gasteiger partial charge in [-0.1, -0.05) is 11.6 Å². The Hall–Kier alpha value is -2.08. The number of halogens is 1. The largest absolute Gasteiger partial charge is 0.340 e. The summed E-state index contributed by atoms with van der Waals surface area (Å²) in [5, 5.41) is 0.504. The van der Waals surface area contributed by atoms with Gasteiger partial charge in [0.05, 0.1) is 5.69 Å². The van der Waals surface area contributed by atoms with Gasteiger partial charge >= 0.3 is 12.1 Å². The molecule has 0 aromatic heterocycles. The van der Waals surface area contributed by atoms with Crippen LogP contribution in [0.2, 0.25) is 5.02 Å². The molecule has 19 heavy (non-hydrogen) atoms. The number of imide groups is 2. The molecular formula is C12H12ClN3O3. The van der Waals surface area contributed by atoms with Gasteiger partial charge in [0.25, 0.3) is 5.91 Å². The van der Waals surface area contributed by atoms with E-state index in [2.05, 4.69) is 0 Å². The monoisotopic (exact) mass is 281 g/mol. The fourth-order valence-electron chi connectivity index (χ4n) is 1.74. The Labute approximate surface area is 115 Å². The van der Waals surface area contributed by atoms with Gasteiger partial charge in [-0.15, -0.1) is 0 Å². The molecule has 0 saturated carbocycles. The summed E-state index contributed by atoms with van der Waals surface area (Å²) in [6.45, 7) is -0.252. The highest BCUT2D eigenvalue weighted by molar-refractivity contribution is 6.31. The van der Waals surface area contributed by atoms with Crippen molar-refractivity contribution in [1.82, 2.24) is 9.80 Å². The van der Waals surface area contributed by atoms with Crippen molar-refractivity contribution in [1.29, 1.82) is 0 Å². The molecule has 0 N–H and O–H groups in total. The molecule has 2 rings (SSSR count). The van der Waals surface area contributed by atoms with Crippen LogP contribution >= 0.6 is 11.6 Å². The number of hydrogen-bond acceptors (Lipinski definition) is 3. The van der Waals surface area contributed by atoms with Crippen molar-refractivity contribution in [3.8, 4) is 0 Å². The first-order chi connectivity index (χ1) is 8.91. The van der Waals surface area contributed by atoms with Gasteiger partial charge in [0, 0.05) is 19.1 Å². The Bertz CT molecular complexity index is 542. The summed E-state index contributed by atoms with van der Waals surface area (Å²) in [6.07, 6.45) is 0. The molecule has 1 saturated heterocycles. The number of carbonyl (C=O) groups excluding carboxylic acids is 3. The van der Waals surface area contributed by atoms with Crippen molar-refractivity contribution in [3.05, 3.63) is 29.3 Å². The molecule has 0 radical (unpaired) electrons. The molecule has 1 aliphatic rings. The molecule has 5 amide bonds. The molecule has 0 unspecified atom stereocenters. The van der Waals surface area contributed by atoms with E-state index in [-0.39, 0.29) is 6.54 Å². The maximum Gasteiger partial charge on any atom is 0.340 e. The van der Waals surface area contributed by atoms with E-state index in [0.717, 1.165) is 9.80 Å². The summed E-state index contributed by atoms with van der Waals surface area (Å²) in [4.78, 5) is 38.8. The summed E-state index contributed by atoms with van der Waals surface area (Å²) in [5.74, 6) is -0.442. The minimum Gasteiger partial charge on any atom is -0.330 e. The molecular weight excluding hydrogens is 270 g/mol. The summed E-state index contributed by atoms with van der Waals surface area (Å²) >= 11 is 5.75. The lowest BCUT2D eigenvalue weighted by atomic mass is 10.3. The molecule has 0 bridgehead atoms. The predicted octanol–water partition coefficient (Wildman–Crippen LogP) is 1.79. The standard InChI is InChI=1S/C12H12ClN3O3/c1-14(2)11(18)15-7-10(17)16(12(15)19)9-5-3-8(13)4-6-9/h3-6H,7H2,1-2H3. The number of rotatable bonds is 1. The lowest BCUT2D eigenvalue weighted by Crippen LogP contribution is -2.42. The number of amides is 5. The highest BCUT2D eigenvalue weighted by atomic mass is 35.5. The van der Waals surface area contributed by atoms with E-state index in [1.54, 1.807) is 24.3 Å². The number of urea groups is 2. The first-order valence-corrected chi connectivity index (χ1v) is 5.91. The molecule has 0 aliphatic carbocycles. The molecule has 1 aliphatic heterocycles. The van der Waals surface area contributed by atoms with Crippen molar-refractivity contribution >= 4 is 35.3 Å². The van der Waals surface area contributed by atoms with E-state index in [9.17, 15) is 14.4 Å². The third kappa shape index (κ3) is 2.39. The van der Waals surface area contributed by atoms with Crippen molar-refractivity contribution in [2.75, 3.05) is 25.5 Å². The average molecular weight is 282 g/mol. The summed E-state index contributed by atoms with van der Waals surface area (Å²) in [7, 11) is 3.04. The van der Waals surface area contributed by atoms with E-state index < -0.39 is 18.0 Å². The third-order valence-electron chi connectivity index (χ3n) is 2.66. The molecule has 1 aromatic rings. The van der Waals surface area contributed by atoms with Crippen LogP contribution in [0, 0.1) is 0 Å². The fraction of sp³-hybridized carbons (Fsp3) is 0.250. The van der Waals surface area contributed by atoms with Crippen LogP contribution in [0.5, 0.6) is 0 Å². The van der Waals surface area contributed by atoms with E-state index in [1.165, 1.54) is 19.0 Å². The van der Waals surface area contributed by atoms with Gasteiger partial charge in [0.2, 0.25) is 0 Å². The van der Waals surface area contributed by atoms with Gasteiger partial charge in [-0.3, -0.25) is 4.79 Å². The summed E-state index contributed by atoms with van der Waals surface area (Å²) < 4.78 is 0. The van der Waals surface area contributed by atoms with Crippen LogP contribution in [-0.2, 0) is 4.79 Å². The fourth-order valence-corrected chi connectivity index (χ4v) is 1.86. The minimum atomic E-state index is -0.647. The van der Waals surface area contributed by atoms with Crippen LogP contribution in [0.15, 0.2) is 24.3 Å². The zero-order chi connectivity index (χ0) is 14.2. The van der Waals surface area contributed by atoms with Crippen molar-refractivity contribution in [2.45, 2.75) is 0 Å². The smallest absolute Gasteiger partial charge is 0.330 e. The first-order valence-electron chi connectivity index (χ1n) is 5.53. The second-order valence-electron chi connectivity index (χ2n) is 4.25. The Balaban J connectivity index is 2.29. The average Bonchev–Trinajstić information content (AvgIpc) is 2.65. The highest BCUT2D eigenvalue weighted by Crippen LogP contribution is 2.23. The number of anilines is 1. The van der Waals surface area contributed by atoms with Gasteiger partial charge in [-0.2, -0.15) is 0 Å². The molecule has 1 heterocycles. The van der Waals surface area contributed by atoms with Crippen LogP contribution in [-0.4, -0.2) is 48.4 Å². The lowest BCUT2D eigenvalue weighted by Gasteiger charge is -2.19. The molecule has 6 nitrogen and oxygen atoms in total. The van der Waals surface area contributed by atoms with E-state index in [1.807, 2.05) is 0 Å². The Morgan fingerprint density at radius 3 is 2.32 bits per heavy atom. The number of nitrogens with zero attached hydrogens (tertiary/aromatic N) is 3. The van der Waals surface area contributed by atoms with Crippen LogP contribution in [0.4, 0.5) is 15.3 Å². The van der Waals surface area contributed by atoms with Crippen LogP contribution in [0.1, 0.15) is 0 Å². The minimum absolute atomic E-state index is 0.252. The number of hydrogen-bond donors (Lipinski definition) is 0. The molecule has 0 spiro atoms. The van der Waals surface area contributed by atoms with E-state index >= 15 is 0 Å². The Morgan fingerprint density at radius 2 is 1.79 bits per heavy atom. The number of carbonyl (C=O) groups is 3. The normalized spacial score (nSPS) is 15.1. The second-order valence-corrected chi connectivity index (χ2v) is 4.69. The maximum atomic E-state index is 12.1. The quantitative estimate of drug-likeness (QED) is 0.737. The van der Waals surface area contributed by atoms with Crippen molar-refractivity contribution < 1.29 is 14.4 Å². The lowest BCUT2D eigenvalue weighted by molar-refractivity contribution is -0.116. The van der Waals surface area contributed by atoms with Gasteiger partial charge in [-0.25, -0.2) is 19.4 Å². The third-order valence-corrected chi connectivity index (χ3v) is 2.92. The zero-order valence-electron chi connectivity index (χ0n) is 10.5. The maximum absolute atomic E-state index is 12.1. The van der Waals surface area contributed by atoms with Crippen LogP contribution in [0.25, 0.3) is 0 Å². The summed E-state index contributed by atoms with van der Waals surface area (Å²) in [6, 6.07) is 5.10. The predicted molar refractivity (Wildman–Crippen MR) is 70.1 cm³/mol. The van der Waals surface area contributed by atoms with Gasteiger partial charge in [0.15, 0.2) is 0 Å². The topological polar surface area (TPSA) is 60.9 Å². The zero-order valence-corrected chi connectivity index (χ0v) is 11.2. The molecule has 1 aromatic carbocycles. The Kier molecular flexibility index (Phi) is 3.44. The van der Waals surface area contributed by atoms with Crippen molar-refractivity contribution in [3.63, 3.8) is 0 Å². The van der Waals surface area contributed by atoms with E-state index in [4.69, 9.17) is 11.6 Å². The molecule has 100 valence electrons. The Morgan fingerprint density at radius 1 is 1.21 bits per heavy atom. The summed E-state index contributed by atoms with van der Waals surface area (Å²) in [5.41, 5.74) is 0.397. The van der Waals surface area contributed by atoms with Crippen LogP contribution < -0.4 is 4.90 Å². The van der Waals surface area contributed by atoms with Gasteiger partial charge in [0.1, 0.15) is 6.54 Å². The van der Waals surface area contributed by atoms with Crippen molar-refractivity contribution in [2.24, 2.45) is 0 Å². The highest BCUT2D eigenvalue weighted by Gasteiger charge is 2.41. The van der Waals surface area contributed by atoms with Gasteiger partial charge < -0.3 is 4.90 Å². The number of benzene rings is 1. The molecule has 1 fully saturated rings. The molecule has 7 heteroatoms. The van der Waals surface area contributed by atoms with E-state index in [0.29, 0.717) is 10.7 Å². The first kappa shape index (κ1) is 13.4. The van der Waals surface area contributed by atoms with Crippen LogP contribution in [0.3, 0.4) is 0 Å². The molecule has 0 atom stereocenters. The second kappa shape index (κ2) is 4.89.